The molecular formula is C28H22Cl2N4O2. The zero-order valence-corrected chi connectivity index (χ0v) is 20.9. The molecule has 0 aliphatic carbocycles. The Labute approximate surface area is 218 Å². The van der Waals surface area contributed by atoms with Gasteiger partial charge in [-0.25, -0.2) is 4.98 Å². The number of benzene rings is 3. The van der Waals surface area contributed by atoms with Gasteiger partial charge in [0.2, 0.25) is 0 Å². The Morgan fingerprint density at radius 2 is 1.72 bits per heavy atom. The van der Waals surface area contributed by atoms with E-state index in [9.17, 15) is 4.79 Å². The van der Waals surface area contributed by atoms with E-state index in [0.29, 0.717) is 27.9 Å². The number of halogens is 2. The van der Waals surface area contributed by atoms with Crippen LogP contribution in [-0.2, 0) is 13.2 Å². The van der Waals surface area contributed by atoms with E-state index in [0.717, 1.165) is 33.5 Å². The Kier molecular flexibility index (Phi) is 6.89. The highest BCUT2D eigenvalue weighted by Gasteiger charge is 2.15. The fourth-order valence-electron chi connectivity index (χ4n) is 4.01. The van der Waals surface area contributed by atoms with Gasteiger partial charge in [0.1, 0.15) is 18.2 Å². The predicted octanol–water partition coefficient (Wildman–Crippen LogP) is 6.39. The second-order valence-corrected chi connectivity index (χ2v) is 9.03. The van der Waals surface area contributed by atoms with Crippen molar-refractivity contribution in [3.05, 3.63) is 112 Å². The van der Waals surface area contributed by atoms with Crippen molar-refractivity contribution in [2.24, 2.45) is 0 Å². The van der Waals surface area contributed by atoms with E-state index in [2.05, 4.69) is 20.9 Å². The van der Waals surface area contributed by atoms with Crippen LogP contribution >= 0.6 is 23.2 Å². The van der Waals surface area contributed by atoms with Crippen molar-refractivity contribution in [1.29, 1.82) is 0 Å². The highest BCUT2D eigenvalue weighted by molar-refractivity contribution is 6.33. The Hall–Kier alpha value is -3.87. The summed E-state index contributed by atoms with van der Waals surface area (Å²) in [4.78, 5) is 20.8. The molecule has 2 heterocycles. The predicted molar refractivity (Wildman–Crippen MR) is 143 cm³/mol. The molecule has 1 N–H and O–H groups in total. The third kappa shape index (κ3) is 5.05. The van der Waals surface area contributed by atoms with Crippen LogP contribution in [0.2, 0.25) is 10.0 Å². The molecule has 36 heavy (non-hydrogen) atoms. The number of hydrogen-bond acceptors (Lipinski definition) is 4. The van der Waals surface area contributed by atoms with Crippen molar-refractivity contribution in [3.8, 4) is 16.9 Å². The van der Waals surface area contributed by atoms with E-state index < -0.39 is 0 Å². The first kappa shape index (κ1) is 23.9. The maximum atomic E-state index is 11.8. The number of imidazole rings is 1. The minimum Gasteiger partial charge on any atom is -0.486 e. The second kappa shape index (κ2) is 10.4. The molecule has 2 aromatic heterocycles. The van der Waals surface area contributed by atoms with Gasteiger partial charge in [-0.2, -0.15) is 0 Å². The maximum absolute atomic E-state index is 11.8. The highest BCUT2D eigenvalue weighted by atomic mass is 35.5. The van der Waals surface area contributed by atoms with Crippen molar-refractivity contribution in [2.75, 3.05) is 7.05 Å². The number of rotatable bonds is 7. The molecule has 0 fully saturated rings. The van der Waals surface area contributed by atoms with Crippen LogP contribution in [0, 0.1) is 0 Å². The molecule has 0 spiro atoms. The van der Waals surface area contributed by atoms with Crippen LogP contribution in [0.15, 0.2) is 85.2 Å². The molecule has 0 bridgehead atoms. The average molecular weight is 517 g/mol. The first-order chi connectivity index (χ1) is 17.5. The lowest BCUT2D eigenvalue weighted by Crippen LogP contribution is -2.17. The van der Waals surface area contributed by atoms with Gasteiger partial charge >= 0.3 is 0 Å². The van der Waals surface area contributed by atoms with Gasteiger partial charge in [0.05, 0.1) is 17.6 Å². The fraction of sp³-hybridized carbons (Fsp3) is 0.107. The molecule has 3 aromatic carbocycles. The van der Waals surface area contributed by atoms with Gasteiger partial charge in [0, 0.05) is 35.1 Å². The minimum absolute atomic E-state index is 0.147. The zero-order chi connectivity index (χ0) is 25.1. The molecule has 0 saturated heterocycles. The molecule has 0 radical (unpaired) electrons. The summed E-state index contributed by atoms with van der Waals surface area (Å²) in [6.45, 7) is 0.709. The molecule has 0 atom stereocenters. The van der Waals surface area contributed by atoms with Crippen LogP contribution in [0.3, 0.4) is 0 Å². The molecule has 6 nitrogen and oxygen atoms in total. The van der Waals surface area contributed by atoms with E-state index in [1.165, 1.54) is 0 Å². The monoisotopic (exact) mass is 516 g/mol. The largest absolute Gasteiger partial charge is 0.486 e. The molecule has 0 unspecified atom stereocenters. The van der Waals surface area contributed by atoms with Gasteiger partial charge in [0.15, 0.2) is 0 Å². The lowest BCUT2D eigenvalue weighted by molar-refractivity contribution is 0.0963. The number of pyridine rings is 1. The van der Waals surface area contributed by atoms with Crippen LogP contribution in [0.1, 0.15) is 21.7 Å². The topological polar surface area (TPSA) is 69.0 Å². The zero-order valence-electron chi connectivity index (χ0n) is 19.4. The highest BCUT2D eigenvalue weighted by Crippen LogP contribution is 2.28. The molecule has 5 aromatic rings. The van der Waals surface area contributed by atoms with E-state index >= 15 is 0 Å². The van der Waals surface area contributed by atoms with Gasteiger partial charge in [-0.1, -0.05) is 29.3 Å². The summed E-state index contributed by atoms with van der Waals surface area (Å²) in [7, 11) is 1.60. The Morgan fingerprint density at radius 1 is 0.944 bits per heavy atom. The SMILES string of the molecule is CNC(=O)c1ccc(OCc2nc3ccc(-c4ccncc4)cc3n2Cc2cc(Cl)ccc2Cl)cc1. The Balaban J connectivity index is 1.52. The van der Waals surface area contributed by atoms with E-state index in [1.54, 1.807) is 55.8 Å². The maximum Gasteiger partial charge on any atom is 0.251 e. The van der Waals surface area contributed by atoms with Gasteiger partial charge in [0.25, 0.3) is 5.91 Å². The summed E-state index contributed by atoms with van der Waals surface area (Å²) in [6.07, 6.45) is 3.55. The summed E-state index contributed by atoms with van der Waals surface area (Å²) in [5.41, 5.74) is 5.37. The van der Waals surface area contributed by atoms with E-state index in [4.69, 9.17) is 32.9 Å². The number of amides is 1. The molecule has 0 aliphatic heterocycles. The van der Waals surface area contributed by atoms with Crippen LogP contribution < -0.4 is 10.1 Å². The molecular weight excluding hydrogens is 495 g/mol. The summed E-state index contributed by atoms with van der Waals surface area (Å²) in [5.74, 6) is 1.23. The van der Waals surface area contributed by atoms with Crippen molar-refractivity contribution in [1.82, 2.24) is 19.9 Å². The van der Waals surface area contributed by atoms with Crippen LogP contribution in [0.5, 0.6) is 5.75 Å². The van der Waals surface area contributed by atoms with Crippen molar-refractivity contribution in [2.45, 2.75) is 13.2 Å². The Morgan fingerprint density at radius 3 is 2.47 bits per heavy atom. The third-order valence-electron chi connectivity index (χ3n) is 5.89. The third-order valence-corrected chi connectivity index (χ3v) is 6.49. The first-order valence-electron chi connectivity index (χ1n) is 11.3. The van der Waals surface area contributed by atoms with Crippen LogP contribution in [0.25, 0.3) is 22.2 Å². The number of hydrogen-bond donors (Lipinski definition) is 1. The summed E-state index contributed by atoms with van der Waals surface area (Å²) >= 11 is 12.8. The van der Waals surface area contributed by atoms with E-state index in [-0.39, 0.29) is 12.5 Å². The fourth-order valence-corrected chi connectivity index (χ4v) is 4.38. The van der Waals surface area contributed by atoms with Crippen LogP contribution in [0.4, 0.5) is 0 Å². The summed E-state index contributed by atoms with van der Waals surface area (Å²) in [6, 6.07) is 22.5. The van der Waals surface area contributed by atoms with Crippen molar-refractivity contribution in [3.63, 3.8) is 0 Å². The lowest BCUT2D eigenvalue weighted by atomic mass is 10.1. The second-order valence-electron chi connectivity index (χ2n) is 8.18. The number of carbonyl (C=O) groups is 1. The van der Waals surface area contributed by atoms with E-state index in [1.807, 2.05) is 30.3 Å². The Bertz CT molecular complexity index is 1530. The summed E-state index contributed by atoms with van der Waals surface area (Å²) < 4.78 is 8.15. The molecule has 1 amide bonds. The number of fused-ring (bicyclic) bond motifs is 1. The molecule has 180 valence electrons. The number of nitrogens with zero attached hydrogens (tertiary/aromatic N) is 3. The minimum atomic E-state index is -0.147. The van der Waals surface area contributed by atoms with Gasteiger partial charge < -0.3 is 14.6 Å². The van der Waals surface area contributed by atoms with Crippen molar-refractivity contribution >= 4 is 40.1 Å². The van der Waals surface area contributed by atoms with Crippen molar-refractivity contribution < 1.29 is 9.53 Å². The molecule has 8 heteroatoms. The van der Waals surface area contributed by atoms with Crippen LogP contribution in [-0.4, -0.2) is 27.5 Å². The normalized spacial score (nSPS) is 11.0. The lowest BCUT2D eigenvalue weighted by Gasteiger charge is -2.13. The quantitative estimate of drug-likeness (QED) is 0.272. The number of aromatic nitrogens is 3. The van der Waals surface area contributed by atoms with Gasteiger partial charge in [-0.05, 0) is 83.4 Å². The smallest absolute Gasteiger partial charge is 0.251 e. The molecule has 0 aliphatic rings. The summed E-state index contributed by atoms with van der Waals surface area (Å²) in [5, 5.41) is 3.86. The van der Waals surface area contributed by atoms with Gasteiger partial charge in [-0.3, -0.25) is 9.78 Å². The first-order valence-corrected chi connectivity index (χ1v) is 12.1. The van der Waals surface area contributed by atoms with Gasteiger partial charge in [-0.15, -0.1) is 0 Å². The molecule has 5 rings (SSSR count). The number of nitrogens with one attached hydrogen (secondary N) is 1. The standard InChI is InChI=1S/C28H22Cl2N4O2/c1-31-28(35)19-2-6-23(7-3-19)36-17-27-33-25-9-4-20(18-10-12-32-13-11-18)15-26(25)34(27)16-21-14-22(29)5-8-24(21)30/h2-15H,16-17H2,1H3,(H,31,35). The molecule has 0 saturated carbocycles. The number of carbonyl (C=O) groups excluding carboxylic acids is 1. The average Bonchev–Trinajstić information content (AvgIpc) is 3.26. The number of ether oxygens (including phenoxy) is 1.